The normalized spacial score (nSPS) is 15.8. The summed E-state index contributed by atoms with van der Waals surface area (Å²) in [4.78, 5) is 3.44. The predicted octanol–water partition coefficient (Wildman–Crippen LogP) is 10.5. The number of unbranched alkanes of at least 4 members (excludes halogenated alkanes) is 3. The average Bonchev–Trinajstić information content (AvgIpc) is 3.92. The Morgan fingerprint density at radius 2 is 1.62 bits per heavy atom. The first-order valence-electron chi connectivity index (χ1n) is 18.7. The number of thiophene rings is 1. The van der Waals surface area contributed by atoms with Crippen molar-refractivity contribution in [2.45, 2.75) is 105 Å². The molecule has 1 N–H and O–H groups in total. The van der Waals surface area contributed by atoms with Crippen LogP contribution in [0, 0.1) is 0 Å². The molecule has 6 rings (SSSR count). The first-order valence-corrected chi connectivity index (χ1v) is 19.5. The molecule has 2 saturated heterocycles. The zero-order valence-electron chi connectivity index (χ0n) is 31.0. The van der Waals surface area contributed by atoms with Gasteiger partial charge < -0.3 is 28.8 Å². The molecule has 0 radical (unpaired) electrons. The lowest BCUT2D eigenvalue weighted by atomic mass is 9.94. The van der Waals surface area contributed by atoms with Crippen LogP contribution in [0.5, 0.6) is 17.2 Å². The van der Waals surface area contributed by atoms with Crippen LogP contribution in [0.15, 0.2) is 54.6 Å². The lowest BCUT2D eigenvalue weighted by molar-refractivity contribution is -0.0457. The molecule has 1 unspecified atom stereocenters. The van der Waals surface area contributed by atoms with E-state index in [1.807, 2.05) is 38.1 Å². The molecule has 3 heterocycles. The quantitative estimate of drug-likeness (QED) is 0.124. The number of fused-ring (bicyclic) bond motifs is 1. The number of aliphatic hydroxyl groups is 1. The molecule has 0 saturated carbocycles. The third kappa shape index (κ3) is 9.59. The fourth-order valence-electron chi connectivity index (χ4n) is 6.59. The van der Waals surface area contributed by atoms with Gasteiger partial charge in [-0.1, -0.05) is 58.6 Å². The molecule has 0 bridgehead atoms. The Kier molecular flexibility index (Phi) is 14.4. The van der Waals surface area contributed by atoms with Gasteiger partial charge in [0, 0.05) is 27.2 Å². The third-order valence-corrected chi connectivity index (χ3v) is 10.3. The van der Waals surface area contributed by atoms with E-state index in [0.717, 1.165) is 86.1 Å². The number of nitrogens with zero attached hydrogens (tertiary/aromatic N) is 1. The van der Waals surface area contributed by atoms with Crippen LogP contribution >= 0.6 is 11.3 Å². The molecule has 1 atom stereocenters. The van der Waals surface area contributed by atoms with Crippen LogP contribution < -0.4 is 14.2 Å². The van der Waals surface area contributed by atoms with Crippen molar-refractivity contribution in [2.75, 3.05) is 40.0 Å². The zero-order valence-corrected chi connectivity index (χ0v) is 31.8. The largest absolute Gasteiger partial charge is 0.496 e. The number of methoxy groups -OCH3 is 1. The molecular formula is C42H57NO6S. The van der Waals surface area contributed by atoms with Crippen LogP contribution in [-0.4, -0.2) is 56.1 Å². The summed E-state index contributed by atoms with van der Waals surface area (Å²) in [5.41, 5.74) is 4.63. The molecule has 4 aromatic rings. The van der Waals surface area contributed by atoms with E-state index in [4.69, 9.17) is 23.7 Å². The van der Waals surface area contributed by atoms with Crippen LogP contribution in [-0.2, 0) is 16.0 Å². The number of ether oxygens (including phenoxy) is 5. The van der Waals surface area contributed by atoms with E-state index in [2.05, 4.69) is 56.0 Å². The number of aliphatic hydroxyl groups excluding tert-OH is 1. The highest BCUT2D eigenvalue weighted by atomic mass is 32.1. The minimum Gasteiger partial charge on any atom is -0.496 e. The van der Waals surface area contributed by atoms with Crippen LogP contribution in [0.25, 0.3) is 20.5 Å². The standard InChI is InChI=1S/C36H43NO6S.C6H14/c1-5-16-40-30-13-10-25(19-29(30)36-41-17-18-42-36)35-33(28-12-11-27(43-23(2)3)21-32(28)44-35)34(38)24-8-9-26(31(20-24)39-4)22-37-14-6-7-15-37;1-3-5-6-4-2/h8-13,19-21,23,34,36,38H,5-7,14-18,22H2,1-4H3;3-6H2,1-2H3. The second kappa shape index (κ2) is 18.9. The van der Waals surface area contributed by atoms with Crippen molar-refractivity contribution in [3.63, 3.8) is 0 Å². The molecule has 0 aliphatic carbocycles. The van der Waals surface area contributed by atoms with E-state index in [0.29, 0.717) is 19.8 Å². The van der Waals surface area contributed by atoms with E-state index in [1.165, 1.54) is 38.5 Å². The van der Waals surface area contributed by atoms with Crippen LogP contribution in [0.2, 0.25) is 0 Å². The van der Waals surface area contributed by atoms with Crippen molar-refractivity contribution in [1.82, 2.24) is 4.90 Å². The second-order valence-electron chi connectivity index (χ2n) is 13.5. The van der Waals surface area contributed by atoms with Gasteiger partial charge in [-0.2, -0.15) is 0 Å². The van der Waals surface area contributed by atoms with E-state index in [-0.39, 0.29) is 6.10 Å². The topological polar surface area (TPSA) is 69.6 Å². The summed E-state index contributed by atoms with van der Waals surface area (Å²) in [6.07, 6.45) is 7.63. The fraction of sp³-hybridized carbons (Fsp3) is 0.524. The lowest BCUT2D eigenvalue weighted by Crippen LogP contribution is -2.18. The van der Waals surface area contributed by atoms with Crippen molar-refractivity contribution in [3.8, 4) is 27.7 Å². The highest BCUT2D eigenvalue weighted by molar-refractivity contribution is 7.22. The van der Waals surface area contributed by atoms with Gasteiger partial charge in [-0.3, -0.25) is 4.90 Å². The summed E-state index contributed by atoms with van der Waals surface area (Å²) in [5, 5.41) is 13.1. The van der Waals surface area contributed by atoms with E-state index >= 15 is 0 Å². The maximum Gasteiger partial charge on any atom is 0.187 e. The molecule has 3 aromatic carbocycles. The van der Waals surface area contributed by atoms with Crippen molar-refractivity contribution in [1.29, 1.82) is 0 Å². The maximum absolute atomic E-state index is 12.1. The Labute approximate surface area is 303 Å². The number of hydrogen-bond acceptors (Lipinski definition) is 8. The smallest absolute Gasteiger partial charge is 0.187 e. The minimum atomic E-state index is -0.871. The summed E-state index contributed by atoms with van der Waals surface area (Å²) < 4.78 is 30.8. The van der Waals surface area contributed by atoms with Crippen LogP contribution in [0.1, 0.15) is 114 Å². The first kappa shape index (κ1) is 38.1. The highest BCUT2D eigenvalue weighted by Gasteiger charge is 2.27. The SMILES string of the molecule is CCCCCC.CCCOc1ccc(-c2sc3cc(OC(C)C)ccc3c2C(O)c2ccc(CN3CCCC3)c(OC)c2)cc1C1OCCO1. The first-order chi connectivity index (χ1) is 24.4. The van der Waals surface area contributed by atoms with E-state index < -0.39 is 12.4 Å². The van der Waals surface area contributed by atoms with Gasteiger partial charge in [0.2, 0.25) is 0 Å². The summed E-state index contributed by atoms with van der Waals surface area (Å²) in [6.45, 7) is 15.4. The van der Waals surface area contributed by atoms with Crippen LogP contribution in [0.4, 0.5) is 0 Å². The van der Waals surface area contributed by atoms with Crippen molar-refractivity contribution in [2.24, 2.45) is 0 Å². The van der Waals surface area contributed by atoms with Gasteiger partial charge in [0.15, 0.2) is 6.29 Å². The Balaban J connectivity index is 0.000000745. The van der Waals surface area contributed by atoms with E-state index in [1.54, 1.807) is 18.4 Å². The van der Waals surface area contributed by atoms with Gasteiger partial charge in [0.05, 0.1) is 38.6 Å². The number of likely N-dealkylation sites (tertiary alicyclic amines) is 1. The number of benzene rings is 3. The lowest BCUT2D eigenvalue weighted by Gasteiger charge is -2.20. The van der Waals surface area contributed by atoms with Crippen molar-refractivity contribution >= 4 is 21.4 Å². The molecule has 8 heteroatoms. The summed E-state index contributed by atoms with van der Waals surface area (Å²) in [7, 11) is 1.71. The van der Waals surface area contributed by atoms with E-state index in [9.17, 15) is 5.11 Å². The Morgan fingerprint density at radius 1 is 0.880 bits per heavy atom. The zero-order chi connectivity index (χ0) is 35.5. The summed E-state index contributed by atoms with van der Waals surface area (Å²) >= 11 is 1.65. The maximum atomic E-state index is 12.1. The molecule has 272 valence electrons. The Morgan fingerprint density at radius 3 is 2.28 bits per heavy atom. The third-order valence-electron chi connectivity index (χ3n) is 9.13. The number of rotatable bonds is 15. The Bertz CT molecular complexity index is 1640. The highest BCUT2D eigenvalue weighted by Crippen LogP contribution is 2.47. The summed E-state index contributed by atoms with van der Waals surface area (Å²) in [6, 6.07) is 18.4. The summed E-state index contributed by atoms with van der Waals surface area (Å²) in [5.74, 6) is 2.38. The monoisotopic (exact) mass is 703 g/mol. The van der Waals surface area contributed by atoms with Gasteiger partial charge in [0.1, 0.15) is 23.4 Å². The van der Waals surface area contributed by atoms with Gasteiger partial charge >= 0.3 is 0 Å². The fourth-order valence-corrected chi connectivity index (χ4v) is 7.85. The second-order valence-corrected chi connectivity index (χ2v) is 14.6. The molecule has 2 aliphatic heterocycles. The van der Waals surface area contributed by atoms with Crippen molar-refractivity contribution < 1.29 is 28.8 Å². The van der Waals surface area contributed by atoms with Gasteiger partial charge in [0.25, 0.3) is 0 Å². The molecule has 2 aliphatic rings. The molecule has 50 heavy (non-hydrogen) atoms. The average molecular weight is 704 g/mol. The van der Waals surface area contributed by atoms with Gasteiger partial charge in [-0.05, 0) is 105 Å². The van der Waals surface area contributed by atoms with Gasteiger partial charge in [-0.15, -0.1) is 11.3 Å². The molecule has 2 fully saturated rings. The molecule has 7 nitrogen and oxygen atoms in total. The molecule has 1 aromatic heterocycles. The molecule has 0 amide bonds. The minimum absolute atomic E-state index is 0.0631. The number of hydrogen-bond donors (Lipinski definition) is 1. The molecule has 0 spiro atoms. The molecular weight excluding hydrogens is 647 g/mol. The Hall–Kier alpha value is -3.14. The van der Waals surface area contributed by atoms with Crippen molar-refractivity contribution in [3.05, 3.63) is 76.9 Å². The van der Waals surface area contributed by atoms with Crippen LogP contribution in [0.3, 0.4) is 0 Å². The predicted molar refractivity (Wildman–Crippen MR) is 205 cm³/mol. The van der Waals surface area contributed by atoms with Gasteiger partial charge in [-0.25, -0.2) is 0 Å².